The number of benzene rings is 1. The summed E-state index contributed by atoms with van der Waals surface area (Å²) < 4.78 is 27.8. The third-order valence-electron chi connectivity index (χ3n) is 3.15. The zero-order chi connectivity index (χ0) is 12.4. The number of hydrogen-bond donors (Lipinski definition) is 1. The molecule has 0 bridgehead atoms. The predicted molar refractivity (Wildman–Crippen MR) is 65.5 cm³/mol. The molecule has 1 aliphatic heterocycles. The lowest BCUT2D eigenvalue weighted by molar-refractivity contribution is 0.549. The Bertz CT molecular complexity index is 399. The van der Waals surface area contributed by atoms with Gasteiger partial charge in [-0.2, -0.15) is 0 Å². The molecule has 2 nitrogen and oxygen atoms in total. The van der Waals surface area contributed by atoms with Crippen molar-refractivity contribution in [3.8, 4) is 0 Å². The number of nitrogens with zero attached hydrogens (tertiary/aromatic N) is 1. The number of rotatable bonds is 2. The summed E-state index contributed by atoms with van der Waals surface area (Å²) >= 11 is 0. The van der Waals surface area contributed by atoms with Crippen LogP contribution < -0.4 is 10.2 Å². The third kappa shape index (κ3) is 2.57. The first-order valence-electron chi connectivity index (χ1n) is 6.04. The molecule has 94 valence electrons. The van der Waals surface area contributed by atoms with Crippen LogP contribution in [-0.4, -0.2) is 26.2 Å². The minimum absolute atomic E-state index is 0.00146. The van der Waals surface area contributed by atoms with E-state index < -0.39 is 0 Å². The molecule has 0 unspecified atom stereocenters. The number of nitrogens with one attached hydrogen (secondary N) is 1. The molecule has 1 aliphatic rings. The molecule has 0 aliphatic carbocycles. The summed E-state index contributed by atoms with van der Waals surface area (Å²) in [6.07, 6.45) is 0. The van der Waals surface area contributed by atoms with E-state index in [1.807, 2.05) is 18.7 Å². The van der Waals surface area contributed by atoms with Crippen molar-refractivity contribution in [1.29, 1.82) is 0 Å². The van der Waals surface area contributed by atoms with Crippen molar-refractivity contribution in [3.63, 3.8) is 0 Å². The molecule has 0 amide bonds. The molecule has 0 atom stereocenters. The summed E-state index contributed by atoms with van der Waals surface area (Å²) in [5.41, 5.74) is 0.829. The minimum Gasteiger partial charge on any atom is -0.367 e. The van der Waals surface area contributed by atoms with E-state index in [2.05, 4.69) is 5.32 Å². The van der Waals surface area contributed by atoms with Gasteiger partial charge in [-0.3, -0.25) is 0 Å². The van der Waals surface area contributed by atoms with Crippen molar-refractivity contribution < 1.29 is 8.78 Å². The van der Waals surface area contributed by atoms with E-state index in [9.17, 15) is 8.78 Å². The van der Waals surface area contributed by atoms with Crippen LogP contribution in [-0.2, 0) is 0 Å². The van der Waals surface area contributed by atoms with Gasteiger partial charge in [-0.05, 0) is 17.5 Å². The molecular formula is C13H18F2N2. The Morgan fingerprint density at radius 3 is 2.35 bits per heavy atom. The highest BCUT2D eigenvalue weighted by molar-refractivity contribution is 5.50. The molecule has 0 radical (unpaired) electrons. The topological polar surface area (TPSA) is 15.3 Å². The van der Waals surface area contributed by atoms with Gasteiger partial charge >= 0.3 is 0 Å². The summed E-state index contributed by atoms with van der Waals surface area (Å²) in [5.74, 6) is -0.631. The highest BCUT2D eigenvalue weighted by atomic mass is 19.1. The van der Waals surface area contributed by atoms with E-state index >= 15 is 0 Å². The summed E-state index contributed by atoms with van der Waals surface area (Å²) in [4.78, 5) is 1.89. The molecule has 1 heterocycles. The van der Waals surface area contributed by atoms with Crippen LogP contribution in [0.15, 0.2) is 12.1 Å². The maximum atomic E-state index is 13.9. The molecule has 1 aromatic carbocycles. The lowest BCUT2D eigenvalue weighted by Gasteiger charge is -2.30. The highest BCUT2D eigenvalue weighted by Gasteiger charge is 2.18. The Kier molecular flexibility index (Phi) is 3.62. The fraction of sp³-hybridized carbons (Fsp3) is 0.538. The third-order valence-corrected chi connectivity index (χ3v) is 3.15. The van der Waals surface area contributed by atoms with Crippen molar-refractivity contribution in [2.75, 3.05) is 31.1 Å². The first-order valence-corrected chi connectivity index (χ1v) is 6.04. The quantitative estimate of drug-likeness (QED) is 0.854. The van der Waals surface area contributed by atoms with Gasteiger partial charge in [-0.1, -0.05) is 13.8 Å². The van der Waals surface area contributed by atoms with E-state index in [-0.39, 0.29) is 17.6 Å². The molecule has 1 aromatic rings. The van der Waals surface area contributed by atoms with Gasteiger partial charge in [0.1, 0.15) is 11.6 Å². The fourth-order valence-corrected chi connectivity index (χ4v) is 2.14. The number of piperazine rings is 1. The first-order chi connectivity index (χ1) is 8.09. The van der Waals surface area contributed by atoms with Crippen LogP contribution in [0.25, 0.3) is 0 Å². The largest absolute Gasteiger partial charge is 0.367 e. The van der Waals surface area contributed by atoms with Gasteiger partial charge in [0.15, 0.2) is 0 Å². The van der Waals surface area contributed by atoms with Gasteiger partial charge in [-0.15, -0.1) is 0 Å². The Hall–Kier alpha value is -1.16. The van der Waals surface area contributed by atoms with Crippen molar-refractivity contribution in [3.05, 3.63) is 29.3 Å². The molecule has 0 saturated carbocycles. The monoisotopic (exact) mass is 240 g/mol. The van der Waals surface area contributed by atoms with Gasteiger partial charge in [0, 0.05) is 32.2 Å². The van der Waals surface area contributed by atoms with Gasteiger partial charge in [0.2, 0.25) is 0 Å². The lowest BCUT2D eigenvalue weighted by Crippen LogP contribution is -2.44. The van der Waals surface area contributed by atoms with Crippen LogP contribution >= 0.6 is 0 Å². The highest BCUT2D eigenvalue weighted by Crippen LogP contribution is 2.27. The summed E-state index contributed by atoms with van der Waals surface area (Å²) in [7, 11) is 0. The summed E-state index contributed by atoms with van der Waals surface area (Å²) in [6.45, 7) is 6.79. The van der Waals surface area contributed by atoms with Crippen LogP contribution in [0.1, 0.15) is 25.3 Å². The zero-order valence-corrected chi connectivity index (χ0v) is 10.3. The van der Waals surface area contributed by atoms with Crippen molar-refractivity contribution in [1.82, 2.24) is 5.32 Å². The molecule has 4 heteroatoms. The standard InChI is InChI=1S/C13H18F2N2/c1-9(2)10-7-12(15)13(8-11(10)14)17-5-3-16-4-6-17/h7-9,16H,3-6H2,1-2H3. The molecule has 0 spiro atoms. The normalized spacial score (nSPS) is 16.6. The Labute approximate surface area is 101 Å². The van der Waals surface area contributed by atoms with E-state index in [4.69, 9.17) is 0 Å². The minimum atomic E-state index is -0.322. The fourth-order valence-electron chi connectivity index (χ4n) is 2.14. The summed E-state index contributed by atoms with van der Waals surface area (Å²) in [5, 5.41) is 3.19. The van der Waals surface area contributed by atoms with E-state index in [1.165, 1.54) is 12.1 Å². The lowest BCUT2D eigenvalue weighted by atomic mass is 10.0. The van der Waals surface area contributed by atoms with E-state index in [1.54, 1.807) is 0 Å². The molecule has 1 fully saturated rings. The average Bonchev–Trinajstić information content (AvgIpc) is 2.32. The molecular weight excluding hydrogens is 222 g/mol. The van der Waals surface area contributed by atoms with Crippen molar-refractivity contribution in [2.45, 2.75) is 19.8 Å². The second-order valence-corrected chi connectivity index (χ2v) is 4.72. The van der Waals surface area contributed by atoms with Crippen molar-refractivity contribution >= 4 is 5.69 Å². The van der Waals surface area contributed by atoms with Gasteiger partial charge < -0.3 is 10.2 Å². The number of anilines is 1. The van der Waals surface area contributed by atoms with Crippen LogP contribution in [0.5, 0.6) is 0 Å². The van der Waals surface area contributed by atoms with Crippen LogP contribution in [0.2, 0.25) is 0 Å². The Morgan fingerprint density at radius 2 is 1.76 bits per heavy atom. The second-order valence-electron chi connectivity index (χ2n) is 4.72. The van der Waals surface area contributed by atoms with Crippen molar-refractivity contribution in [2.24, 2.45) is 0 Å². The molecule has 2 rings (SSSR count). The number of halogens is 2. The van der Waals surface area contributed by atoms with Gasteiger partial charge in [0.25, 0.3) is 0 Å². The van der Waals surface area contributed by atoms with Crippen LogP contribution in [0, 0.1) is 11.6 Å². The molecule has 1 N–H and O–H groups in total. The Balaban J connectivity index is 2.32. The van der Waals surface area contributed by atoms with Gasteiger partial charge in [0.05, 0.1) is 5.69 Å². The molecule has 0 aromatic heterocycles. The van der Waals surface area contributed by atoms with Crippen LogP contribution in [0.3, 0.4) is 0 Å². The van der Waals surface area contributed by atoms with Gasteiger partial charge in [-0.25, -0.2) is 8.78 Å². The van der Waals surface area contributed by atoms with Crippen LogP contribution in [0.4, 0.5) is 14.5 Å². The Morgan fingerprint density at radius 1 is 1.12 bits per heavy atom. The second kappa shape index (κ2) is 5.00. The predicted octanol–water partition coefficient (Wildman–Crippen LogP) is 2.50. The smallest absolute Gasteiger partial charge is 0.146 e. The maximum Gasteiger partial charge on any atom is 0.146 e. The van der Waals surface area contributed by atoms with E-state index in [0.717, 1.165) is 26.2 Å². The SMILES string of the molecule is CC(C)c1cc(F)c(N2CCNCC2)cc1F. The average molecular weight is 240 g/mol. The number of hydrogen-bond acceptors (Lipinski definition) is 2. The zero-order valence-electron chi connectivity index (χ0n) is 10.3. The maximum absolute atomic E-state index is 13.9. The van der Waals surface area contributed by atoms with E-state index in [0.29, 0.717) is 11.3 Å². The first kappa shape index (κ1) is 12.3. The molecule has 1 saturated heterocycles. The summed E-state index contributed by atoms with van der Waals surface area (Å²) in [6, 6.07) is 2.66. The molecule has 17 heavy (non-hydrogen) atoms.